The third kappa shape index (κ3) is 2.03. The zero-order chi connectivity index (χ0) is 12.5. The first-order valence-corrected chi connectivity index (χ1v) is 6.79. The maximum atomic E-state index is 8.89. The maximum Gasteiger partial charge on any atom is 0.0624 e. The van der Waals surface area contributed by atoms with E-state index < -0.39 is 0 Å². The number of piperidine rings is 1. The lowest BCUT2D eigenvalue weighted by molar-refractivity contribution is 0.217. The lowest BCUT2D eigenvalue weighted by Gasteiger charge is -2.38. The van der Waals surface area contributed by atoms with Crippen molar-refractivity contribution in [2.75, 3.05) is 19.6 Å². The third-order valence-electron chi connectivity index (χ3n) is 4.35. The first-order valence-electron chi connectivity index (χ1n) is 6.79. The Labute approximate surface area is 108 Å². The summed E-state index contributed by atoms with van der Waals surface area (Å²) in [6.45, 7) is 5.36. The minimum Gasteiger partial charge on any atom is -0.411 e. The Morgan fingerprint density at radius 1 is 1.39 bits per heavy atom. The fourth-order valence-electron chi connectivity index (χ4n) is 3.25. The van der Waals surface area contributed by atoms with Gasteiger partial charge in [0.25, 0.3) is 0 Å². The van der Waals surface area contributed by atoms with Crippen molar-refractivity contribution in [1.82, 2.24) is 4.90 Å². The molecule has 1 N–H and O–H groups in total. The van der Waals surface area contributed by atoms with Crippen LogP contribution in [0.3, 0.4) is 0 Å². The number of benzene rings is 1. The molecule has 1 heterocycles. The van der Waals surface area contributed by atoms with Gasteiger partial charge in [-0.1, -0.05) is 36.3 Å². The van der Waals surface area contributed by atoms with E-state index in [4.69, 9.17) is 5.21 Å². The molecule has 0 saturated carbocycles. The number of fused-ring (bicyclic) bond motifs is 1. The van der Waals surface area contributed by atoms with E-state index in [-0.39, 0.29) is 0 Å². The molecular formula is C15H20N2O. The van der Waals surface area contributed by atoms with E-state index >= 15 is 0 Å². The van der Waals surface area contributed by atoms with Crippen LogP contribution in [0.4, 0.5) is 0 Å². The Hall–Kier alpha value is -1.35. The molecule has 1 saturated heterocycles. The van der Waals surface area contributed by atoms with Crippen molar-refractivity contribution in [1.29, 1.82) is 0 Å². The van der Waals surface area contributed by atoms with E-state index in [1.165, 1.54) is 17.5 Å². The highest BCUT2D eigenvalue weighted by molar-refractivity contribution is 5.87. The normalized spacial score (nSPS) is 29.9. The molecular weight excluding hydrogens is 224 g/mol. The quantitative estimate of drug-likeness (QED) is 0.641. The topological polar surface area (TPSA) is 35.8 Å². The smallest absolute Gasteiger partial charge is 0.0624 e. The van der Waals surface area contributed by atoms with Gasteiger partial charge in [0, 0.05) is 37.9 Å². The second kappa shape index (κ2) is 4.73. The summed E-state index contributed by atoms with van der Waals surface area (Å²) in [5, 5.41) is 12.3. The van der Waals surface area contributed by atoms with Crippen LogP contribution in [-0.4, -0.2) is 35.5 Å². The molecule has 1 aliphatic carbocycles. The molecule has 0 aromatic heterocycles. The zero-order valence-electron chi connectivity index (χ0n) is 10.8. The van der Waals surface area contributed by atoms with E-state index in [9.17, 15) is 0 Å². The number of nitrogens with zero attached hydrogens (tertiary/aromatic N) is 2. The van der Waals surface area contributed by atoms with Gasteiger partial charge in [-0.05, 0) is 17.5 Å². The summed E-state index contributed by atoms with van der Waals surface area (Å²) in [5.41, 5.74) is 4.01. The highest BCUT2D eigenvalue weighted by Gasteiger charge is 2.30. The van der Waals surface area contributed by atoms with Gasteiger partial charge in [-0.25, -0.2) is 0 Å². The molecule has 1 aliphatic heterocycles. The average molecular weight is 244 g/mol. The van der Waals surface area contributed by atoms with Crippen LogP contribution in [0.5, 0.6) is 0 Å². The third-order valence-corrected chi connectivity index (χ3v) is 4.35. The summed E-state index contributed by atoms with van der Waals surface area (Å²) in [6, 6.07) is 8.76. The second-order valence-electron chi connectivity index (χ2n) is 5.60. The van der Waals surface area contributed by atoms with Crippen LogP contribution >= 0.6 is 0 Å². The molecule has 96 valence electrons. The van der Waals surface area contributed by atoms with Gasteiger partial charge < -0.3 is 10.1 Å². The molecule has 1 aromatic rings. The number of likely N-dealkylation sites (tertiary alicyclic amines) is 1. The summed E-state index contributed by atoms with van der Waals surface area (Å²) >= 11 is 0. The molecule has 18 heavy (non-hydrogen) atoms. The average Bonchev–Trinajstić information content (AvgIpc) is 2.36. The van der Waals surface area contributed by atoms with E-state index in [1.807, 2.05) is 0 Å². The Morgan fingerprint density at radius 2 is 2.22 bits per heavy atom. The molecule has 1 fully saturated rings. The van der Waals surface area contributed by atoms with Crippen LogP contribution in [0.25, 0.3) is 0 Å². The van der Waals surface area contributed by atoms with Gasteiger partial charge in [0.05, 0.1) is 5.71 Å². The number of hydrogen-bond donors (Lipinski definition) is 1. The van der Waals surface area contributed by atoms with Crippen LogP contribution in [0.2, 0.25) is 0 Å². The summed E-state index contributed by atoms with van der Waals surface area (Å²) < 4.78 is 0. The van der Waals surface area contributed by atoms with Crippen molar-refractivity contribution in [2.24, 2.45) is 11.1 Å². The highest BCUT2D eigenvalue weighted by Crippen LogP contribution is 2.35. The standard InChI is InChI=1S/C15H20N2O/c1-11-9-17(7-6-15(11)16-18)10-13-8-12-4-2-3-5-14(12)13/h2-5,11,13,18H,6-10H2,1H3/b16-15+. The molecule has 3 nitrogen and oxygen atoms in total. The predicted molar refractivity (Wildman–Crippen MR) is 72.3 cm³/mol. The van der Waals surface area contributed by atoms with Crippen LogP contribution < -0.4 is 0 Å². The summed E-state index contributed by atoms with van der Waals surface area (Å²) in [4.78, 5) is 2.51. The Bertz CT molecular complexity index is 469. The molecule has 0 spiro atoms. The SMILES string of the molecule is CC1CN(CC2Cc3ccccc32)CC/C1=N\O. The minimum atomic E-state index is 0.388. The van der Waals surface area contributed by atoms with Gasteiger partial charge in [-0.3, -0.25) is 0 Å². The molecule has 0 bridgehead atoms. The fraction of sp³-hybridized carbons (Fsp3) is 0.533. The largest absolute Gasteiger partial charge is 0.411 e. The van der Waals surface area contributed by atoms with Gasteiger partial charge in [-0.15, -0.1) is 0 Å². The molecule has 2 atom stereocenters. The summed E-state index contributed by atoms with van der Waals surface area (Å²) in [6.07, 6.45) is 2.13. The van der Waals surface area contributed by atoms with Crippen LogP contribution in [0.1, 0.15) is 30.4 Å². The fourth-order valence-corrected chi connectivity index (χ4v) is 3.25. The van der Waals surface area contributed by atoms with E-state index in [0.717, 1.165) is 31.8 Å². The van der Waals surface area contributed by atoms with Crippen molar-refractivity contribution in [3.8, 4) is 0 Å². The van der Waals surface area contributed by atoms with Crippen LogP contribution in [0.15, 0.2) is 29.4 Å². The zero-order valence-corrected chi connectivity index (χ0v) is 10.8. The molecule has 2 unspecified atom stereocenters. The lowest BCUT2D eigenvalue weighted by atomic mass is 9.77. The Morgan fingerprint density at radius 3 is 2.94 bits per heavy atom. The lowest BCUT2D eigenvalue weighted by Crippen LogP contribution is -2.43. The van der Waals surface area contributed by atoms with Gasteiger partial charge >= 0.3 is 0 Å². The predicted octanol–water partition coefficient (Wildman–Crippen LogP) is 2.50. The van der Waals surface area contributed by atoms with Gasteiger partial charge in [0.1, 0.15) is 0 Å². The first-order chi connectivity index (χ1) is 8.78. The van der Waals surface area contributed by atoms with Gasteiger partial charge in [-0.2, -0.15) is 0 Å². The minimum absolute atomic E-state index is 0.388. The van der Waals surface area contributed by atoms with Crippen molar-refractivity contribution < 1.29 is 5.21 Å². The Balaban J connectivity index is 1.60. The van der Waals surface area contributed by atoms with Crippen molar-refractivity contribution in [3.05, 3.63) is 35.4 Å². The van der Waals surface area contributed by atoms with E-state index in [2.05, 4.69) is 41.2 Å². The molecule has 3 heteroatoms. The molecule has 0 radical (unpaired) electrons. The Kier molecular flexibility index (Phi) is 3.08. The number of hydrogen-bond acceptors (Lipinski definition) is 3. The molecule has 1 aromatic carbocycles. The molecule has 0 amide bonds. The van der Waals surface area contributed by atoms with Crippen molar-refractivity contribution in [2.45, 2.75) is 25.7 Å². The molecule has 2 aliphatic rings. The number of rotatable bonds is 2. The van der Waals surface area contributed by atoms with Crippen LogP contribution in [-0.2, 0) is 6.42 Å². The van der Waals surface area contributed by atoms with Crippen LogP contribution in [0, 0.1) is 5.92 Å². The first kappa shape index (κ1) is 11.7. The van der Waals surface area contributed by atoms with Gasteiger partial charge in [0.2, 0.25) is 0 Å². The van der Waals surface area contributed by atoms with E-state index in [1.54, 1.807) is 0 Å². The van der Waals surface area contributed by atoms with Gasteiger partial charge in [0.15, 0.2) is 0 Å². The van der Waals surface area contributed by atoms with E-state index in [0.29, 0.717) is 11.8 Å². The monoisotopic (exact) mass is 244 g/mol. The second-order valence-corrected chi connectivity index (χ2v) is 5.60. The molecule has 3 rings (SSSR count). The van der Waals surface area contributed by atoms with Crippen molar-refractivity contribution in [3.63, 3.8) is 0 Å². The highest BCUT2D eigenvalue weighted by atomic mass is 16.4. The van der Waals surface area contributed by atoms with Crippen molar-refractivity contribution >= 4 is 5.71 Å². The maximum absolute atomic E-state index is 8.89. The summed E-state index contributed by atoms with van der Waals surface area (Å²) in [7, 11) is 0. The summed E-state index contributed by atoms with van der Waals surface area (Å²) in [5.74, 6) is 1.10. The number of oxime groups is 1.